The minimum absolute atomic E-state index is 0.557. The van der Waals surface area contributed by atoms with E-state index in [0.29, 0.717) is 12.1 Å². The van der Waals surface area contributed by atoms with Crippen molar-refractivity contribution in [3.63, 3.8) is 0 Å². The Morgan fingerprint density at radius 1 is 0.970 bits per heavy atom. The monoisotopic (exact) mass is 550 g/mol. The standard InChI is InChI=1S/C13H24NO3Si.C2F6NO4S2/c1-6-12(2)13-8-7-9-14(10-13)11-18(15-3,16-4)17-5;3-1(4,5)14(10,11)9-15(12,13)2(6,7)8/h7-10,12H,6,11H2,1-5H3;/q+1;-1. The molecule has 0 bridgehead atoms. The molecule has 0 radical (unpaired) electrons. The van der Waals surface area contributed by atoms with Crippen LogP contribution in [0, 0.1) is 0 Å². The van der Waals surface area contributed by atoms with E-state index in [4.69, 9.17) is 13.3 Å². The lowest BCUT2D eigenvalue weighted by molar-refractivity contribution is -0.685. The second-order valence-electron chi connectivity index (χ2n) is 6.33. The normalized spacial score (nSPS) is 14.4. The van der Waals surface area contributed by atoms with Gasteiger partial charge in [-0.25, -0.2) is 16.8 Å². The third-order valence-electron chi connectivity index (χ3n) is 4.15. The molecule has 194 valence electrons. The van der Waals surface area contributed by atoms with E-state index in [1.165, 1.54) is 5.56 Å². The van der Waals surface area contributed by atoms with Gasteiger partial charge in [0.1, 0.15) is 0 Å². The van der Waals surface area contributed by atoms with Gasteiger partial charge in [0, 0.05) is 33.0 Å². The first-order chi connectivity index (χ1) is 14.8. The number of hydrogen-bond donors (Lipinski definition) is 0. The molecule has 0 aliphatic heterocycles. The average molecular weight is 551 g/mol. The highest BCUT2D eigenvalue weighted by Crippen LogP contribution is 2.36. The second-order valence-corrected chi connectivity index (χ2v) is 12.7. The summed E-state index contributed by atoms with van der Waals surface area (Å²) in [4.78, 5) is 0. The zero-order valence-corrected chi connectivity index (χ0v) is 20.8. The van der Waals surface area contributed by atoms with Gasteiger partial charge in [-0.1, -0.05) is 13.8 Å². The van der Waals surface area contributed by atoms with Crippen LogP contribution < -0.4 is 4.57 Å². The quantitative estimate of drug-likeness (QED) is 0.264. The number of alkyl halides is 6. The highest BCUT2D eigenvalue weighted by atomic mass is 32.3. The summed E-state index contributed by atoms with van der Waals surface area (Å²) in [5.41, 5.74) is -11.1. The molecule has 18 heteroatoms. The van der Waals surface area contributed by atoms with Gasteiger partial charge in [-0.2, -0.15) is 30.9 Å². The lowest BCUT2D eigenvalue weighted by Gasteiger charge is -2.22. The molecule has 0 spiro atoms. The first-order valence-electron chi connectivity index (χ1n) is 8.82. The number of nitrogens with zero attached hydrogens (tertiary/aromatic N) is 2. The summed E-state index contributed by atoms with van der Waals surface area (Å²) in [6.45, 7) is 4.42. The van der Waals surface area contributed by atoms with Crippen molar-refractivity contribution in [3.8, 4) is 0 Å². The molecular formula is C15H24F6N2O7S2Si. The summed E-state index contributed by atoms with van der Waals surface area (Å²) in [7, 11) is -11.1. The Bertz CT molecular complexity index is 917. The molecule has 0 saturated carbocycles. The average Bonchev–Trinajstić information content (AvgIpc) is 2.70. The number of rotatable bonds is 9. The van der Waals surface area contributed by atoms with Crippen molar-refractivity contribution < 1.29 is 61.0 Å². The fraction of sp³-hybridized carbons (Fsp3) is 0.667. The van der Waals surface area contributed by atoms with Gasteiger partial charge < -0.3 is 17.4 Å². The van der Waals surface area contributed by atoms with Gasteiger partial charge in [0.15, 0.2) is 32.4 Å². The van der Waals surface area contributed by atoms with Crippen LogP contribution in [0.5, 0.6) is 0 Å². The van der Waals surface area contributed by atoms with Crippen LogP contribution in [0.2, 0.25) is 0 Å². The fourth-order valence-electron chi connectivity index (χ4n) is 2.05. The molecule has 9 nitrogen and oxygen atoms in total. The van der Waals surface area contributed by atoms with Crippen molar-refractivity contribution in [1.82, 2.24) is 0 Å². The van der Waals surface area contributed by atoms with Crippen LogP contribution in [-0.4, -0.2) is 58.0 Å². The van der Waals surface area contributed by atoms with Crippen molar-refractivity contribution in [2.75, 3.05) is 21.3 Å². The summed E-state index contributed by atoms with van der Waals surface area (Å²) in [6, 6.07) is 4.21. The molecule has 1 rings (SSSR count). The molecule has 0 aliphatic rings. The van der Waals surface area contributed by atoms with Gasteiger partial charge in [0.25, 0.3) is 0 Å². The summed E-state index contributed by atoms with van der Waals surface area (Å²) < 4.78 is 128. The SMILES string of the molecule is CCC(C)c1ccc[n+](C[Si](OC)(OC)OC)c1.O=S(=O)([N-]S(=O)(=O)C(F)(F)F)C(F)(F)F. The van der Waals surface area contributed by atoms with E-state index in [2.05, 4.69) is 36.7 Å². The predicted octanol–water partition coefficient (Wildman–Crippen LogP) is 2.96. The van der Waals surface area contributed by atoms with Crippen LogP contribution in [0.4, 0.5) is 26.3 Å². The Morgan fingerprint density at radius 2 is 1.39 bits per heavy atom. The molecular weight excluding hydrogens is 526 g/mol. The van der Waals surface area contributed by atoms with Gasteiger partial charge in [-0.3, -0.25) is 0 Å². The number of sulfonamides is 2. The van der Waals surface area contributed by atoms with Crippen LogP contribution in [0.3, 0.4) is 0 Å². The lowest BCUT2D eigenvalue weighted by atomic mass is 10.0. The summed E-state index contributed by atoms with van der Waals surface area (Å²) in [6.07, 6.45) is 5.92. The first-order valence-corrected chi connectivity index (χ1v) is 13.6. The van der Waals surface area contributed by atoms with Crippen LogP contribution >= 0.6 is 0 Å². The largest absolute Gasteiger partial charge is 0.569 e. The van der Waals surface area contributed by atoms with Crippen molar-refractivity contribution in [2.45, 2.75) is 43.4 Å². The van der Waals surface area contributed by atoms with Gasteiger partial charge in [0.05, 0.1) is 0 Å². The van der Waals surface area contributed by atoms with Crippen molar-refractivity contribution in [1.29, 1.82) is 0 Å². The highest BCUT2D eigenvalue weighted by Gasteiger charge is 2.47. The molecule has 1 aromatic heterocycles. The third-order valence-corrected chi connectivity index (χ3v) is 9.51. The summed E-state index contributed by atoms with van der Waals surface area (Å²) >= 11 is 0. The topological polar surface area (TPSA) is 114 Å². The molecule has 0 amide bonds. The van der Waals surface area contributed by atoms with E-state index >= 15 is 0 Å². The molecule has 0 aromatic carbocycles. The van der Waals surface area contributed by atoms with Gasteiger partial charge in [-0.15, -0.1) is 0 Å². The minimum Gasteiger partial charge on any atom is -0.421 e. The van der Waals surface area contributed by atoms with E-state index in [1.54, 1.807) is 21.3 Å². The smallest absolute Gasteiger partial charge is 0.421 e. The van der Waals surface area contributed by atoms with Crippen LogP contribution in [0.25, 0.3) is 4.13 Å². The molecule has 0 N–H and O–H groups in total. The number of hydrogen-bond acceptors (Lipinski definition) is 7. The number of aromatic nitrogens is 1. The van der Waals surface area contributed by atoms with Crippen LogP contribution in [0.1, 0.15) is 31.7 Å². The zero-order valence-electron chi connectivity index (χ0n) is 18.1. The maximum atomic E-state index is 11.4. The zero-order chi connectivity index (χ0) is 26.3. The molecule has 33 heavy (non-hydrogen) atoms. The Labute approximate surface area is 189 Å². The predicted molar refractivity (Wildman–Crippen MR) is 105 cm³/mol. The summed E-state index contributed by atoms with van der Waals surface area (Å²) in [5, 5.41) is 0. The molecule has 0 aliphatic carbocycles. The molecule has 1 heterocycles. The Balaban J connectivity index is 0.000000633. The second kappa shape index (κ2) is 11.9. The molecule has 1 unspecified atom stereocenters. The molecule has 1 aromatic rings. The molecule has 0 saturated heterocycles. The highest BCUT2D eigenvalue weighted by molar-refractivity contribution is 8.13. The van der Waals surface area contributed by atoms with E-state index in [1.807, 2.05) is 6.20 Å². The van der Waals surface area contributed by atoms with Crippen LogP contribution in [0.15, 0.2) is 24.5 Å². The van der Waals surface area contributed by atoms with Gasteiger partial charge in [0.2, 0.25) is 6.17 Å². The third kappa shape index (κ3) is 9.10. The van der Waals surface area contributed by atoms with Crippen molar-refractivity contribution in [2.24, 2.45) is 0 Å². The number of halogens is 6. The van der Waals surface area contributed by atoms with Gasteiger partial charge >= 0.3 is 19.8 Å². The van der Waals surface area contributed by atoms with E-state index in [-0.39, 0.29) is 0 Å². The van der Waals surface area contributed by atoms with E-state index < -0.39 is 39.9 Å². The van der Waals surface area contributed by atoms with E-state index in [0.717, 1.165) is 10.5 Å². The van der Waals surface area contributed by atoms with Crippen LogP contribution in [-0.2, 0) is 39.5 Å². The van der Waals surface area contributed by atoms with Gasteiger partial charge in [-0.05, 0) is 18.4 Å². The molecule has 0 fully saturated rings. The minimum atomic E-state index is -6.72. The fourth-order valence-corrected chi connectivity index (χ4v) is 5.29. The first kappa shape index (κ1) is 31.7. The Hall–Kier alpha value is -1.31. The van der Waals surface area contributed by atoms with E-state index in [9.17, 15) is 43.2 Å². The Kier molecular flexibility index (Phi) is 11.4. The summed E-state index contributed by atoms with van der Waals surface area (Å²) in [5.74, 6) is 0.557. The number of pyridine rings is 1. The van der Waals surface area contributed by atoms with Crippen molar-refractivity contribution in [3.05, 3.63) is 34.2 Å². The maximum absolute atomic E-state index is 11.4. The van der Waals surface area contributed by atoms with Crippen molar-refractivity contribution >= 4 is 28.9 Å². The lowest BCUT2D eigenvalue weighted by Crippen LogP contribution is -2.56. The Morgan fingerprint density at radius 3 is 1.73 bits per heavy atom. The maximum Gasteiger partial charge on any atom is 0.569 e. The molecule has 1 atom stereocenters.